The molecule has 1 rings (SSSR count). The summed E-state index contributed by atoms with van der Waals surface area (Å²) >= 11 is 0. The summed E-state index contributed by atoms with van der Waals surface area (Å²) in [5, 5.41) is 2.60. The second kappa shape index (κ2) is 2.11. The van der Waals surface area contributed by atoms with Crippen LogP contribution in [0.4, 0.5) is 0 Å². The van der Waals surface area contributed by atoms with Gasteiger partial charge in [-0.2, -0.15) is 0 Å². The van der Waals surface area contributed by atoms with Crippen LogP contribution in [0.3, 0.4) is 0 Å². The second-order valence-corrected chi connectivity index (χ2v) is 1.86. The first-order valence-electron chi connectivity index (χ1n) is 2.68. The van der Waals surface area contributed by atoms with E-state index in [1.807, 2.05) is 0 Å². The first kappa shape index (κ1) is 6.16. The lowest BCUT2D eigenvalue weighted by molar-refractivity contribution is -0.123. The Morgan fingerprint density at radius 1 is 1.33 bits per heavy atom. The molecule has 3 heteroatoms. The molecule has 0 fully saturated rings. The van der Waals surface area contributed by atoms with Crippen molar-refractivity contribution in [2.45, 2.75) is 6.04 Å². The number of rotatable bonds is 1. The highest BCUT2D eigenvalue weighted by Crippen LogP contribution is 1.99. The summed E-state index contributed by atoms with van der Waals surface area (Å²) in [6.45, 7) is 0. The molecule has 0 atom stereocenters. The molecule has 0 bridgehead atoms. The summed E-state index contributed by atoms with van der Waals surface area (Å²) in [6, 6.07) is -0.606. The van der Waals surface area contributed by atoms with Gasteiger partial charge in [0, 0.05) is 0 Å². The Labute approximate surface area is 52.7 Å². The van der Waals surface area contributed by atoms with Crippen LogP contribution in [0.1, 0.15) is 0 Å². The van der Waals surface area contributed by atoms with Crippen LogP contribution in [-0.4, -0.2) is 24.7 Å². The lowest BCUT2D eigenvalue weighted by atomic mass is 10.2. The number of hydrogen-bond donors (Lipinski definition) is 1. The van der Waals surface area contributed by atoms with Gasteiger partial charge in [0.15, 0.2) is 11.6 Å². The number of carbonyl (C=O) groups excluding carboxylic acids is 2. The number of carbonyl (C=O) groups is 2. The molecule has 9 heavy (non-hydrogen) atoms. The molecule has 0 unspecified atom stereocenters. The molecular weight excluding hydrogens is 118 g/mol. The minimum Gasteiger partial charge on any atom is -0.304 e. The fraction of sp³-hybridized carbons (Fsp3) is 0.333. The summed E-state index contributed by atoms with van der Waals surface area (Å²) < 4.78 is 0. The van der Waals surface area contributed by atoms with Gasteiger partial charge in [-0.05, 0) is 19.2 Å². The van der Waals surface area contributed by atoms with Gasteiger partial charge in [-0.25, -0.2) is 0 Å². The molecule has 0 spiro atoms. The van der Waals surface area contributed by atoms with Gasteiger partial charge in [-0.3, -0.25) is 9.59 Å². The Kier molecular flexibility index (Phi) is 1.44. The first-order chi connectivity index (χ1) is 4.25. The Hall–Kier alpha value is -0.960. The van der Waals surface area contributed by atoms with Crippen LogP contribution in [0.2, 0.25) is 0 Å². The first-order valence-corrected chi connectivity index (χ1v) is 2.68. The normalized spacial score (nSPS) is 19.7. The smallest absolute Gasteiger partial charge is 0.180 e. The minimum absolute atomic E-state index is 0.150. The molecule has 0 saturated carbocycles. The number of likely N-dealkylation sites (N-methyl/N-ethyl adjacent to an activating group) is 1. The third-order valence-corrected chi connectivity index (χ3v) is 1.27. The van der Waals surface area contributed by atoms with Crippen molar-refractivity contribution in [3.63, 3.8) is 0 Å². The summed E-state index contributed by atoms with van der Waals surface area (Å²) in [5.41, 5.74) is 0. The highest BCUT2D eigenvalue weighted by atomic mass is 16.2. The largest absolute Gasteiger partial charge is 0.304 e. The summed E-state index contributed by atoms with van der Waals surface area (Å²) in [5.74, 6) is -0.301. The topological polar surface area (TPSA) is 46.2 Å². The van der Waals surface area contributed by atoms with Gasteiger partial charge in [0.1, 0.15) is 6.04 Å². The zero-order valence-electron chi connectivity index (χ0n) is 5.05. The number of nitrogens with one attached hydrogen (secondary N) is 1. The van der Waals surface area contributed by atoms with Crippen LogP contribution in [0, 0.1) is 0 Å². The van der Waals surface area contributed by atoms with Gasteiger partial charge in [0.2, 0.25) is 0 Å². The van der Waals surface area contributed by atoms with E-state index in [4.69, 9.17) is 0 Å². The van der Waals surface area contributed by atoms with E-state index >= 15 is 0 Å². The molecule has 0 aliphatic heterocycles. The van der Waals surface area contributed by atoms with Crippen molar-refractivity contribution in [1.82, 2.24) is 5.32 Å². The third-order valence-electron chi connectivity index (χ3n) is 1.27. The average Bonchev–Trinajstić information content (AvgIpc) is 2.12. The van der Waals surface area contributed by atoms with Crippen molar-refractivity contribution in [2.24, 2.45) is 0 Å². The Balaban J connectivity index is 2.75. The van der Waals surface area contributed by atoms with Crippen molar-refractivity contribution >= 4 is 11.6 Å². The van der Waals surface area contributed by atoms with Crippen LogP contribution >= 0.6 is 0 Å². The molecule has 48 valence electrons. The fourth-order valence-corrected chi connectivity index (χ4v) is 0.781. The predicted octanol–water partition coefficient (Wildman–Crippen LogP) is -0.718. The van der Waals surface area contributed by atoms with Crippen LogP contribution < -0.4 is 5.32 Å². The van der Waals surface area contributed by atoms with Gasteiger partial charge in [0.25, 0.3) is 0 Å². The summed E-state index contributed by atoms with van der Waals surface area (Å²) in [4.78, 5) is 21.3. The van der Waals surface area contributed by atoms with Gasteiger partial charge >= 0.3 is 0 Å². The Morgan fingerprint density at radius 3 is 2.00 bits per heavy atom. The maximum absolute atomic E-state index is 10.6. The van der Waals surface area contributed by atoms with Crippen LogP contribution in [0.15, 0.2) is 12.2 Å². The zero-order chi connectivity index (χ0) is 6.85. The fourth-order valence-electron chi connectivity index (χ4n) is 0.781. The lowest BCUT2D eigenvalue weighted by Crippen LogP contribution is -2.35. The van der Waals surface area contributed by atoms with E-state index in [0.717, 1.165) is 0 Å². The minimum atomic E-state index is -0.606. The van der Waals surface area contributed by atoms with Crippen LogP contribution in [-0.2, 0) is 9.59 Å². The molecule has 0 aromatic rings. The molecule has 0 aromatic heterocycles. The standard InChI is InChI=1S/C6H7NO2/c1-7-6-4(8)2-3-5(6)9/h2-3,6-7H,1H3. The van der Waals surface area contributed by atoms with E-state index in [1.165, 1.54) is 12.2 Å². The molecule has 1 aliphatic rings. The molecule has 0 saturated heterocycles. The van der Waals surface area contributed by atoms with E-state index in [2.05, 4.69) is 5.32 Å². The van der Waals surface area contributed by atoms with E-state index in [-0.39, 0.29) is 11.6 Å². The highest BCUT2D eigenvalue weighted by Gasteiger charge is 2.25. The predicted molar refractivity (Wildman–Crippen MR) is 32.0 cm³/mol. The van der Waals surface area contributed by atoms with Crippen LogP contribution in [0.5, 0.6) is 0 Å². The lowest BCUT2D eigenvalue weighted by Gasteiger charge is -2.01. The monoisotopic (exact) mass is 125 g/mol. The molecule has 0 aromatic carbocycles. The Morgan fingerprint density at radius 2 is 1.78 bits per heavy atom. The highest BCUT2D eigenvalue weighted by molar-refractivity contribution is 6.21. The third kappa shape index (κ3) is 0.907. The zero-order valence-corrected chi connectivity index (χ0v) is 5.05. The average molecular weight is 125 g/mol. The van der Waals surface area contributed by atoms with E-state index in [0.29, 0.717) is 0 Å². The molecule has 0 radical (unpaired) electrons. The van der Waals surface area contributed by atoms with E-state index < -0.39 is 6.04 Å². The molecule has 1 N–H and O–H groups in total. The van der Waals surface area contributed by atoms with E-state index in [9.17, 15) is 9.59 Å². The Bertz CT molecular complexity index is 165. The molecule has 3 nitrogen and oxygen atoms in total. The SMILES string of the molecule is CNC1C(=O)C=CC1=O. The van der Waals surface area contributed by atoms with Gasteiger partial charge < -0.3 is 5.32 Å². The molecule has 0 amide bonds. The van der Waals surface area contributed by atoms with Crippen molar-refractivity contribution < 1.29 is 9.59 Å². The second-order valence-electron chi connectivity index (χ2n) is 1.86. The summed E-state index contributed by atoms with van der Waals surface area (Å²) in [7, 11) is 1.59. The van der Waals surface area contributed by atoms with Gasteiger partial charge in [-0.15, -0.1) is 0 Å². The number of hydrogen-bond acceptors (Lipinski definition) is 3. The molecule has 1 aliphatic carbocycles. The summed E-state index contributed by atoms with van der Waals surface area (Å²) in [6.07, 6.45) is 2.59. The van der Waals surface area contributed by atoms with E-state index in [1.54, 1.807) is 7.05 Å². The quantitative estimate of drug-likeness (QED) is 0.470. The number of ketones is 2. The molecular formula is C6H7NO2. The molecule has 0 heterocycles. The van der Waals surface area contributed by atoms with Crippen molar-refractivity contribution in [3.8, 4) is 0 Å². The maximum atomic E-state index is 10.6. The van der Waals surface area contributed by atoms with Gasteiger partial charge in [-0.1, -0.05) is 0 Å². The maximum Gasteiger partial charge on any atom is 0.180 e. The van der Waals surface area contributed by atoms with Crippen molar-refractivity contribution in [2.75, 3.05) is 7.05 Å². The van der Waals surface area contributed by atoms with Crippen molar-refractivity contribution in [1.29, 1.82) is 0 Å². The van der Waals surface area contributed by atoms with Crippen molar-refractivity contribution in [3.05, 3.63) is 12.2 Å². The van der Waals surface area contributed by atoms with Gasteiger partial charge in [0.05, 0.1) is 0 Å². The van der Waals surface area contributed by atoms with Crippen LogP contribution in [0.25, 0.3) is 0 Å².